The number of rotatable bonds is 5. The molecule has 0 bridgehead atoms. The van der Waals surface area contributed by atoms with Crippen LogP contribution in [0.25, 0.3) is 0 Å². The Labute approximate surface area is 77.3 Å². The van der Waals surface area contributed by atoms with Gasteiger partial charge in [0.2, 0.25) is 0 Å². The summed E-state index contributed by atoms with van der Waals surface area (Å²) in [6, 6.07) is 3.75. The van der Waals surface area contributed by atoms with Crippen LogP contribution in [0, 0.1) is 5.92 Å². The van der Waals surface area contributed by atoms with Crippen LogP contribution in [-0.2, 0) is 11.3 Å². The normalized spacial score (nSPS) is 26.2. The number of hydrogen-bond donors (Lipinski definition) is 1. The lowest BCUT2D eigenvalue weighted by atomic mass is 10.3. The predicted molar refractivity (Wildman–Crippen MR) is 47.1 cm³/mol. The van der Waals surface area contributed by atoms with Gasteiger partial charge in [0.15, 0.2) is 0 Å². The lowest BCUT2D eigenvalue weighted by Crippen LogP contribution is -1.97. The van der Waals surface area contributed by atoms with E-state index in [-0.39, 0.29) is 6.10 Å². The first-order valence-electron chi connectivity index (χ1n) is 4.64. The molecule has 1 aromatic rings. The van der Waals surface area contributed by atoms with E-state index in [2.05, 4.69) is 0 Å². The minimum absolute atomic E-state index is 0.0628. The Kier molecular flexibility index (Phi) is 2.66. The van der Waals surface area contributed by atoms with Gasteiger partial charge in [-0.15, -0.1) is 0 Å². The fourth-order valence-electron chi connectivity index (χ4n) is 1.34. The monoisotopic (exact) mass is 182 g/mol. The molecule has 1 saturated carbocycles. The summed E-state index contributed by atoms with van der Waals surface area (Å²) in [5.41, 5.74) is 0. The van der Waals surface area contributed by atoms with Crippen molar-refractivity contribution in [2.75, 3.05) is 6.61 Å². The Hall–Kier alpha value is -0.800. The van der Waals surface area contributed by atoms with Crippen molar-refractivity contribution in [3.05, 3.63) is 24.2 Å². The van der Waals surface area contributed by atoms with E-state index >= 15 is 0 Å². The van der Waals surface area contributed by atoms with Crippen molar-refractivity contribution < 1.29 is 14.3 Å². The van der Waals surface area contributed by atoms with Crippen LogP contribution in [-0.4, -0.2) is 17.8 Å². The molecule has 1 aliphatic carbocycles. The topological polar surface area (TPSA) is 42.6 Å². The third-order valence-electron chi connectivity index (χ3n) is 2.34. The quantitative estimate of drug-likeness (QED) is 0.703. The SMILES string of the molecule is OC1CC1CCOCc1ccco1. The van der Waals surface area contributed by atoms with Crippen LogP contribution in [0.15, 0.2) is 22.8 Å². The Bertz CT molecular complexity index is 243. The van der Waals surface area contributed by atoms with Gasteiger partial charge in [0, 0.05) is 6.61 Å². The second kappa shape index (κ2) is 3.94. The van der Waals surface area contributed by atoms with E-state index < -0.39 is 0 Å². The fourth-order valence-corrected chi connectivity index (χ4v) is 1.34. The van der Waals surface area contributed by atoms with Crippen LogP contribution < -0.4 is 0 Å². The maximum absolute atomic E-state index is 9.04. The van der Waals surface area contributed by atoms with Gasteiger partial charge in [-0.3, -0.25) is 0 Å². The number of furan rings is 1. The average Bonchev–Trinajstić information content (AvgIpc) is 2.67. The van der Waals surface area contributed by atoms with Crippen LogP contribution in [0.4, 0.5) is 0 Å². The fraction of sp³-hybridized carbons (Fsp3) is 0.600. The van der Waals surface area contributed by atoms with Crippen molar-refractivity contribution in [3.63, 3.8) is 0 Å². The van der Waals surface area contributed by atoms with Gasteiger partial charge in [0.05, 0.1) is 12.4 Å². The van der Waals surface area contributed by atoms with Crippen molar-refractivity contribution >= 4 is 0 Å². The highest BCUT2D eigenvalue weighted by Gasteiger charge is 2.34. The highest BCUT2D eigenvalue weighted by molar-refractivity contribution is 4.96. The summed E-state index contributed by atoms with van der Waals surface area (Å²) in [5, 5.41) is 9.04. The third-order valence-corrected chi connectivity index (χ3v) is 2.34. The number of hydrogen-bond acceptors (Lipinski definition) is 3. The first-order chi connectivity index (χ1) is 6.36. The van der Waals surface area contributed by atoms with E-state index in [4.69, 9.17) is 14.3 Å². The molecular formula is C10H14O3. The molecule has 0 saturated heterocycles. The molecule has 0 aromatic carbocycles. The van der Waals surface area contributed by atoms with E-state index in [1.54, 1.807) is 6.26 Å². The van der Waals surface area contributed by atoms with E-state index in [9.17, 15) is 0 Å². The molecule has 1 heterocycles. The second-order valence-electron chi connectivity index (χ2n) is 3.48. The first-order valence-corrected chi connectivity index (χ1v) is 4.64. The lowest BCUT2D eigenvalue weighted by molar-refractivity contribution is 0.0971. The van der Waals surface area contributed by atoms with Gasteiger partial charge >= 0.3 is 0 Å². The molecule has 2 rings (SSSR count). The van der Waals surface area contributed by atoms with Crippen LogP contribution in [0.5, 0.6) is 0 Å². The van der Waals surface area contributed by atoms with E-state index in [1.165, 1.54) is 0 Å². The second-order valence-corrected chi connectivity index (χ2v) is 3.48. The number of ether oxygens (including phenoxy) is 1. The van der Waals surface area contributed by atoms with Crippen molar-refractivity contribution in [1.29, 1.82) is 0 Å². The Balaban J connectivity index is 1.54. The van der Waals surface area contributed by atoms with Gasteiger partial charge in [-0.05, 0) is 30.9 Å². The molecule has 2 atom stereocenters. The number of aliphatic hydroxyl groups is 1. The van der Waals surface area contributed by atoms with Gasteiger partial charge in [-0.2, -0.15) is 0 Å². The molecular weight excluding hydrogens is 168 g/mol. The summed E-state index contributed by atoms with van der Waals surface area (Å²) in [5.74, 6) is 1.34. The molecule has 0 aliphatic heterocycles. The molecule has 1 aliphatic rings. The largest absolute Gasteiger partial charge is 0.467 e. The predicted octanol–water partition coefficient (Wildman–Crippen LogP) is 1.57. The molecule has 1 N–H and O–H groups in total. The molecule has 1 fully saturated rings. The highest BCUT2D eigenvalue weighted by atomic mass is 16.5. The zero-order valence-corrected chi connectivity index (χ0v) is 7.48. The van der Waals surface area contributed by atoms with Gasteiger partial charge in [0.25, 0.3) is 0 Å². The van der Waals surface area contributed by atoms with Crippen molar-refractivity contribution in [2.45, 2.75) is 25.6 Å². The summed E-state index contributed by atoms with van der Waals surface area (Å²) in [4.78, 5) is 0. The summed E-state index contributed by atoms with van der Waals surface area (Å²) in [6.45, 7) is 1.25. The molecule has 2 unspecified atom stereocenters. The van der Waals surface area contributed by atoms with Gasteiger partial charge in [-0.1, -0.05) is 0 Å². The summed E-state index contributed by atoms with van der Waals surface area (Å²) >= 11 is 0. The third kappa shape index (κ3) is 2.57. The zero-order valence-electron chi connectivity index (χ0n) is 7.48. The van der Waals surface area contributed by atoms with Crippen molar-refractivity contribution in [3.8, 4) is 0 Å². The van der Waals surface area contributed by atoms with E-state index in [1.807, 2.05) is 12.1 Å². The smallest absolute Gasteiger partial charge is 0.129 e. The van der Waals surface area contributed by atoms with Crippen molar-refractivity contribution in [1.82, 2.24) is 0 Å². The molecule has 72 valence electrons. The minimum Gasteiger partial charge on any atom is -0.467 e. The van der Waals surface area contributed by atoms with Crippen LogP contribution >= 0.6 is 0 Å². The average molecular weight is 182 g/mol. The lowest BCUT2D eigenvalue weighted by Gasteiger charge is -2.00. The maximum Gasteiger partial charge on any atom is 0.129 e. The van der Waals surface area contributed by atoms with Gasteiger partial charge in [0.1, 0.15) is 12.4 Å². The summed E-state index contributed by atoms with van der Waals surface area (Å²) < 4.78 is 10.5. The maximum atomic E-state index is 9.04. The molecule has 0 amide bonds. The van der Waals surface area contributed by atoms with E-state index in [0.29, 0.717) is 19.1 Å². The Morgan fingerprint density at radius 3 is 3.08 bits per heavy atom. The molecule has 3 heteroatoms. The molecule has 3 nitrogen and oxygen atoms in total. The van der Waals surface area contributed by atoms with Gasteiger partial charge < -0.3 is 14.3 Å². The minimum atomic E-state index is -0.0628. The molecule has 1 aromatic heterocycles. The van der Waals surface area contributed by atoms with Gasteiger partial charge in [-0.25, -0.2) is 0 Å². The molecule has 0 spiro atoms. The van der Waals surface area contributed by atoms with Crippen LogP contribution in [0.2, 0.25) is 0 Å². The zero-order chi connectivity index (χ0) is 9.10. The van der Waals surface area contributed by atoms with Crippen LogP contribution in [0.1, 0.15) is 18.6 Å². The molecule has 0 radical (unpaired) electrons. The molecule has 13 heavy (non-hydrogen) atoms. The van der Waals surface area contributed by atoms with Crippen LogP contribution in [0.3, 0.4) is 0 Å². The Morgan fingerprint density at radius 2 is 2.46 bits per heavy atom. The first kappa shape index (κ1) is 8.78. The summed E-state index contributed by atoms with van der Waals surface area (Å²) in [7, 11) is 0. The highest BCUT2D eigenvalue weighted by Crippen LogP contribution is 2.33. The standard InChI is InChI=1S/C10H14O3/c11-10-6-8(10)3-5-12-7-9-2-1-4-13-9/h1-2,4,8,10-11H,3,5-7H2. The Morgan fingerprint density at radius 1 is 1.62 bits per heavy atom. The number of aliphatic hydroxyl groups excluding tert-OH is 1. The van der Waals surface area contributed by atoms with Crippen molar-refractivity contribution in [2.24, 2.45) is 5.92 Å². The van der Waals surface area contributed by atoms with E-state index in [0.717, 1.165) is 18.6 Å². The summed E-state index contributed by atoms with van der Waals surface area (Å²) in [6.07, 6.45) is 3.49.